The molecule has 1 N–H and O–H groups in total. The van der Waals surface area contributed by atoms with Gasteiger partial charge in [-0.2, -0.15) is 0 Å². The molecule has 8 heteroatoms. The number of aliphatic imine (C=N–C) groups is 1. The van der Waals surface area contributed by atoms with E-state index in [1.165, 1.54) is 11.8 Å². The van der Waals surface area contributed by atoms with Crippen molar-refractivity contribution >= 4 is 67.6 Å². The van der Waals surface area contributed by atoms with Crippen molar-refractivity contribution < 1.29 is 9.59 Å². The summed E-state index contributed by atoms with van der Waals surface area (Å²) in [5, 5.41) is 3.46. The van der Waals surface area contributed by atoms with Crippen LogP contribution in [-0.2, 0) is 9.59 Å². The van der Waals surface area contributed by atoms with Crippen molar-refractivity contribution in [3.8, 4) is 0 Å². The van der Waals surface area contributed by atoms with Gasteiger partial charge in [0.15, 0.2) is 5.17 Å². The zero-order chi connectivity index (χ0) is 19.4. The van der Waals surface area contributed by atoms with Gasteiger partial charge < -0.3 is 5.32 Å². The van der Waals surface area contributed by atoms with E-state index in [1.807, 2.05) is 25.1 Å². The van der Waals surface area contributed by atoms with Gasteiger partial charge in [0.2, 0.25) is 11.8 Å². The van der Waals surface area contributed by atoms with Crippen LogP contribution in [0.15, 0.2) is 58.0 Å². The van der Waals surface area contributed by atoms with E-state index in [2.05, 4.69) is 26.2 Å². The van der Waals surface area contributed by atoms with E-state index in [-0.39, 0.29) is 18.2 Å². The number of hydrogen-bond donors (Lipinski definition) is 1. The molecule has 140 valence electrons. The lowest BCUT2D eigenvalue weighted by Crippen LogP contribution is -2.45. The van der Waals surface area contributed by atoms with Crippen LogP contribution in [0, 0.1) is 0 Å². The van der Waals surface area contributed by atoms with Gasteiger partial charge in [-0.15, -0.1) is 0 Å². The number of nitrogens with one attached hydrogen (secondary N) is 1. The van der Waals surface area contributed by atoms with Crippen molar-refractivity contribution in [2.45, 2.75) is 18.6 Å². The van der Waals surface area contributed by atoms with Crippen LogP contribution in [0.25, 0.3) is 0 Å². The molecule has 1 aliphatic heterocycles. The Morgan fingerprint density at radius 1 is 1.33 bits per heavy atom. The number of thioether (sulfide) groups is 1. The normalized spacial score (nSPS) is 18.6. The largest absolute Gasteiger partial charge is 0.325 e. The molecule has 1 saturated heterocycles. The monoisotopic (exact) mass is 465 g/mol. The Balaban J connectivity index is 1.80. The van der Waals surface area contributed by atoms with Gasteiger partial charge in [-0.1, -0.05) is 45.4 Å². The molecular formula is C19H17BrClN3O2S. The van der Waals surface area contributed by atoms with Crippen LogP contribution in [0.2, 0.25) is 5.02 Å². The first-order valence-corrected chi connectivity index (χ1v) is 10.4. The van der Waals surface area contributed by atoms with E-state index in [9.17, 15) is 9.59 Å². The predicted octanol–water partition coefficient (Wildman–Crippen LogP) is 5.08. The van der Waals surface area contributed by atoms with Gasteiger partial charge >= 0.3 is 0 Å². The number of nitrogens with zero attached hydrogens (tertiary/aromatic N) is 2. The summed E-state index contributed by atoms with van der Waals surface area (Å²) in [6, 6.07) is 14.4. The van der Waals surface area contributed by atoms with Crippen molar-refractivity contribution in [1.29, 1.82) is 0 Å². The van der Waals surface area contributed by atoms with Gasteiger partial charge in [0.25, 0.3) is 0 Å². The Kier molecular flexibility index (Phi) is 6.57. The van der Waals surface area contributed by atoms with Crippen molar-refractivity contribution in [2.75, 3.05) is 11.9 Å². The summed E-state index contributed by atoms with van der Waals surface area (Å²) in [5.74, 6) is -0.329. The van der Waals surface area contributed by atoms with E-state index >= 15 is 0 Å². The summed E-state index contributed by atoms with van der Waals surface area (Å²) in [7, 11) is 0. The Morgan fingerprint density at radius 3 is 2.74 bits per heavy atom. The van der Waals surface area contributed by atoms with Crippen LogP contribution < -0.4 is 5.32 Å². The Labute approximate surface area is 175 Å². The molecule has 2 amide bonds. The summed E-state index contributed by atoms with van der Waals surface area (Å²) in [4.78, 5) is 31.3. The number of halogens is 2. The smallest absolute Gasteiger partial charge is 0.238 e. The number of hydrogen-bond acceptors (Lipinski definition) is 4. The second-order valence-electron chi connectivity index (χ2n) is 5.82. The zero-order valence-corrected chi connectivity index (χ0v) is 17.6. The molecular weight excluding hydrogens is 450 g/mol. The molecule has 2 aromatic rings. The van der Waals surface area contributed by atoms with Crippen LogP contribution in [0.1, 0.15) is 13.3 Å². The number of benzene rings is 2. The summed E-state index contributed by atoms with van der Waals surface area (Å²) in [6.07, 6.45) is 0.137. The summed E-state index contributed by atoms with van der Waals surface area (Å²) >= 11 is 10.6. The second-order valence-corrected chi connectivity index (χ2v) is 8.34. The lowest BCUT2D eigenvalue weighted by atomic mass is 10.2. The highest BCUT2D eigenvalue weighted by Crippen LogP contribution is 2.30. The lowest BCUT2D eigenvalue weighted by Gasteiger charge is -2.30. The third-order valence-corrected chi connectivity index (χ3v) is 5.82. The zero-order valence-electron chi connectivity index (χ0n) is 14.5. The van der Waals surface area contributed by atoms with Crippen LogP contribution in [-0.4, -0.2) is 33.7 Å². The SMILES string of the molecule is CCN1C(=O)CC(C(=O)Nc2cccc(Br)c2)SC1=Nc1ccc(Cl)cc1. The summed E-state index contributed by atoms with van der Waals surface area (Å²) in [6.45, 7) is 2.38. The number of carbonyl (C=O) groups excluding carboxylic acids is 2. The lowest BCUT2D eigenvalue weighted by molar-refractivity contribution is -0.129. The molecule has 1 unspecified atom stereocenters. The minimum atomic E-state index is -0.537. The molecule has 3 rings (SSSR count). The molecule has 0 spiro atoms. The third-order valence-electron chi connectivity index (χ3n) is 3.89. The fourth-order valence-corrected chi connectivity index (χ4v) is 4.26. The van der Waals surface area contributed by atoms with E-state index in [1.54, 1.807) is 35.2 Å². The topological polar surface area (TPSA) is 61.8 Å². The number of rotatable bonds is 4. The highest BCUT2D eigenvalue weighted by atomic mass is 79.9. The summed E-state index contributed by atoms with van der Waals surface area (Å²) in [5.41, 5.74) is 1.36. The predicted molar refractivity (Wildman–Crippen MR) is 115 cm³/mol. The van der Waals surface area contributed by atoms with Crippen molar-refractivity contribution in [3.05, 3.63) is 58.0 Å². The molecule has 0 bridgehead atoms. The van der Waals surface area contributed by atoms with Gasteiger partial charge in [0, 0.05) is 28.1 Å². The van der Waals surface area contributed by atoms with Gasteiger partial charge in [-0.05, 0) is 49.4 Å². The van der Waals surface area contributed by atoms with E-state index < -0.39 is 5.25 Å². The second kappa shape index (κ2) is 8.91. The molecule has 1 heterocycles. The third kappa shape index (κ3) is 5.12. The fraction of sp³-hybridized carbons (Fsp3) is 0.211. The quantitative estimate of drug-likeness (QED) is 0.683. The highest BCUT2D eigenvalue weighted by Gasteiger charge is 2.35. The molecule has 0 aromatic heterocycles. The number of anilines is 1. The Bertz CT molecular complexity index is 889. The maximum absolute atomic E-state index is 12.7. The van der Waals surface area contributed by atoms with Crippen LogP contribution in [0.3, 0.4) is 0 Å². The first-order chi connectivity index (χ1) is 13.0. The average Bonchev–Trinajstić information content (AvgIpc) is 2.63. The molecule has 5 nitrogen and oxygen atoms in total. The van der Waals surface area contributed by atoms with Crippen LogP contribution >= 0.6 is 39.3 Å². The van der Waals surface area contributed by atoms with E-state index in [0.717, 1.165) is 4.47 Å². The van der Waals surface area contributed by atoms with Crippen LogP contribution in [0.4, 0.5) is 11.4 Å². The molecule has 27 heavy (non-hydrogen) atoms. The average molecular weight is 467 g/mol. The van der Waals surface area contributed by atoms with Crippen molar-refractivity contribution in [2.24, 2.45) is 4.99 Å². The number of amides is 2. The fourth-order valence-electron chi connectivity index (χ4n) is 2.57. The van der Waals surface area contributed by atoms with Crippen LogP contribution in [0.5, 0.6) is 0 Å². The Hall–Kier alpha value is -1.83. The maximum Gasteiger partial charge on any atom is 0.238 e. The standard InChI is InChI=1S/C19H17BrClN3O2S/c1-2-24-17(25)11-16(18(26)22-15-5-3-4-12(20)10-15)27-19(24)23-14-8-6-13(21)7-9-14/h3-10,16H,2,11H2,1H3,(H,22,26). The maximum atomic E-state index is 12.7. The molecule has 0 radical (unpaired) electrons. The van der Waals surface area contributed by atoms with Gasteiger partial charge in [0.1, 0.15) is 5.25 Å². The molecule has 1 aliphatic rings. The molecule has 1 atom stereocenters. The molecule has 0 aliphatic carbocycles. The van der Waals surface area contributed by atoms with E-state index in [0.29, 0.717) is 28.1 Å². The number of carbonyl (C=O) groups is 2. The highest BCUT2D eigenvalue weighted by molar-refractivity contribution is 9.10. The van der Waals surface area contributed by atoms with Gasteiger partial charge in [-0.3, -0.25) is 14.5 Å². The summed E-state index contributed by atoms with van der Waals surface area (Å²) < 4.78 is 0.870. The Morgan fingerprint density at radius 2 is 2.07 bits per heavy atom. The first kappa shape index (κ1) is 19.9. The van der Waals surface area contributed by atoms with Crippen molar-refractivity contribution in [1.82, 2.24) is 4.90 Å². The molecule has 1 fully saturated rings. The van der Waals surface area contributed by atoms with Crippen molar-refractivity contribution in [3.63, 3.8) is 0 Å². The molecule has 0 saturated carbocycles. The van der Waals surface area contributed by atoms with E-state index in [4.69, 9.17) is 11.6 Å². The van der Waals surface area contributed by atoms with Gasteiger partial charge in [0.05, 0.1) is 5.69 Å². The minimum Gasteiger partial charge on any atom is -0.325 e. The number of amidine groups is 1. The molecule has 2 aromatic carbocycles. The van der Waals surface area contributed by atoms with Gasteiger partial charge in [-0.25, -0.2) is 4.99 Å². The minimum absolute atomic E-state index is 0.113. The first-order valence-electron chi connectivity index (χ1n) is 8.34.